The standard InChI is InChI=1S/C29H25ClN4O5S/c1-5-39-28(36)25-17(3)31-29-33(26(25)19-6-8-21(30)9-7-19)27(35)24(40-29)15-20-14-16(2)32(18(20)4)22-10-12-23(13-11-22)34(37)38/h6-15,26H,5H2,1-4H3/b24-15+/t26-/m0/s1. The highest BCUT2D eigenvalue weighted by molar-refractivity contribution is 7.07. The third kappa shape index (κ3) is 4.80. The number of hydrogen-bond acceptors (Lipinski definition) is 7. The fourth-order valence-electron chi connectivity index (χ4n) is 4.95. The molecule has 0 N–H and O–H groups in total. The lowest BCUT2D eigenvalue weighted by Gasteiger charge is -2.24. The molecule has 2 aromatic carbocycles. The van der Waals surface area contributed by atoms with E-state index < -0.39 is 16.9 Å². The van der Waals surface area contributed by atoms with Crippen molar-refractivity contribution in [2.75, 3.05) is 6.61 Å². The van der Waals surface area contributed by atoms with Gasteiger partial charge in [0, 0.05) is 34.2 Å². The first-order valence-electron chi connectivity index (χ1n) is 12.5. The third-order valence-corrected chi connectivity index (χ3v) is 8.01. The summed E-state index contributed by atoms with van der Waals surface area (Å²) in [5, 5.41) is 11.6. The number of carbonyl (C=O) groups excluding carboxylic acids is 1. The summed E-state index contributed by atoms with van der Waals surface area (Å²) in [4.78, 5) is 42.6. The van der Waals surface area contributed by atoms with Crippen LogP contribution in [0.25, 0.3) is 11.8 Å². The number of aryl methyl sites for hydroxylation is 1. The van der Waals surface area contributed by atoms with Crippen LogP contribution in [0.3, 0.4) is 0 Å². The Kier molecular flexibility index (Phi) is 7.31. The lowest BCUT2D eigenvalue weighted by Crippen LogP contribution is -2.39. The van der Waals surface area contributed by atoms with Crippen molar-refractivity contribution in [3.05, 3.63) is 123 Å². The smallest absolute Gasteiger partial charge is 0.338 e. The second kappa shape index (κ2) is 10.7. The zero-order valence-corrected chi connectivity index (χ0v) is 23.7. The zero-order chi connectivity index (χ0) is 28.7. The van der Waals surface area contributed by atoms with Crippen LogP contribution >= 0.6 is 22.9 Å². The summed E-state index contributed by atoms with van der Waals surface area (Å²) in [7, 11) is 0. The Morgan fingerprint density at radius 2 is 1.82 bits per heavy atom. The van der Waals surface area contributed by atoms with Crippen LogP contribution in [0.2, 0.25) is 5.02 Å². The molecule has 5 rings (SSSR count). The van der Waals surface area contributed by atoms with E-state index in [-0.39, 0.29) is 17.9 Å². The van der Waals surface area contributed by atoms with Gasteiger partial charge in [0.15, 0.2) is 4.80 Å². The molecular weight excluding hydrogens is 552 g/mol. The van der Waals surface area contributed by atoms with Crippen LogP contribution in [0, 0.1) is 24.0 Å². The van der Waals surface area contributed by atoms with Crippen LogP contribution < -0.4 is 14.9 Å². The number of carbonyl (C=O) groups is 1. The van der Waals surface area contributed by atoms with Crippen LogP contribution in [-0.4, -0.2) is 26.6 Å². The summed E-state index contributed by atoms with van der Waals surface area (Å²) in [5.74, 6) is -0.523. The Labute approximate surface area is 238 Å². The Morgan fingerprint density at radius 3 is 2.45 bits per heavy atom. The van der Waals surface area contributed by atoms with Crippen molar-refractivity contribution in [1.29, 1.82) is 0 Å². The van der Waals surface area contributed by atoms with E-state index in [2.05, 4.69) is 4.99 Å². The van der Waals surface area contributed by atoms with Gasteiger partial charge < -0.3 is 9.30 Å². The number of nitrogens with zero attached hydrogens (tertiary/aromatic N) is 4. The summed E-state index contributed by atoms with van der Waals surface area (Å²) in [6.45, 7) is 7.52. The number of aromatic nitrogens is 2. The molecule has 0 radical (unpaired) electrons. The van der Waals surface area contributed by atoms with Crippen LogP contribution in [0.1, 0.15) is 42.4 Å². The first-order chi connectivity index (χ1) is 19.1. The molecule has 0 aliphatic carbocycles. The summed E-state index contributed by atoms with van der Waals surface area (Å²) in [6, 6.07) is 14.6. The Hall–Kier alpha value is -4.28. The third-order valence-electron chi connectivity index (χ3n) is 6.78. The van der Waals surface area contributed by atoms with Gasteiger partial charge in [-0.2, -0.15) is 0 Å². The van der Waals surface area contributed by atoms with Crippen molar-refractivity contribution in [3.63, 3.8) is 0 Å². The molecule has 1 atom stereocenters. The van der Waals surface area contributed by atoms with Crippen LogP contribution in [0.4, 0.5) is 5.69 Å². The Morgan fingerprint density at radius 1 is 1.15 bits per heavy atom. The van der Waals surface area contributed by atoms with E-state index in [0.717, 1.165) is 22.6 Å². The molecule has 1 aliphatic heterocycles. The van der Waals surface area contributed by atoms with Crippen molar-refractivity contribution >= 4 is 40.7 Å². The highest BCUT2D eigenvalue weighted by atomic mass is 35.5. The van der Waals surface area contributed by atoms with Crippen molar-refractivity contribution in [3.8, 4) is 5.69 Å². The summed E-state index contributed by atoms with van der Waals surface area (Å²) >= 11 is 7.37. The maximum Gasteiger partial charge on any atom is 0.338 e. The lowest BCUT2D eigenvalue weighted by atomic mass is 9.96. The number of ether oxygens (including phenoxy) is 1. The number of allylic oxidation sites excluding steroid dienone is 1. The summed E-state index contributed by atoms with van der Waals surface area (Å²) in [5.41, 5.74) is 4.62. The minimum Gasteiger partial charge on any atom is -0.463 e. The van der Waals surface area contributed by atoms with Gasteiger partial charge in [0.1, 0.15) is 0 Å². The molecule has 9 nitrogen and oxygen atoms in total. The maximum absolute atomic E-state index is 13.9. The molecule has 11 heteroatoms. The highest BCUT2D eigenvalue weighted by Crippen LogP contribution is 2.31. The maximum atomic E-state index is 13.9. The van der Waals surface area contributed by atoms with Gasteiger partial charge in [-0.1, -0.05) is 35.1 Å². The van der Waals surface area contributed by atoms with Crippen LogP contribution in [0.5, 0.6) is 0 Å². The average molecular weight is 577 g/mol. The van der Waals surface area contributed by atoms with E-state index in [0.29, 0.717) is 31.2 Å². The van der Waals surface area contributed by atoms with Gasteiger partial charge >= 0.3 is 5.97 Å². The topological polar surface area (TPSA) is 109 Å². The normalized spacial score (nSPS) is 15.1. The first-order valence-corrected chi connectivity index (χ1v) is 13.7. The van der Waals surface area contributed by atoms with E-state index in [4.69, 9.17) is 16.3 Å². The molecule has 0 bridgehead atoms. The fraction of sp³-hybridized carbons (Fsp3) is 0.207. The van der Waals surface area contributed by atoms with E-state index in [1.165, 1.54) is 28.0 Å². The van der Waals surface area contributed by atoms with Crippen molar-refractivity contribution in [2.45, 2.75) is 33.7 Å². The zero-order valence-electron chi connectivity index (χ0n) is 22.2. The van der Waals surface area contributed by atoms with E-state index >= 15 is 0 Å². The first kappa shape index (κ1) is 27.3. The summed E-state index contributed by atoms with van der Waals surface area (Å²) in [6.07, 6.45) is 1.82. The summed E-state index contributed by atoms with van der Waals surface area (Å²) < 4.78 is 9.31. The molecule has 3 heterocycles. The van der Waals surface area contributed by atoms with Gasteiger partial charge in [-0.3, -0.25) is 19.5 Å². The molecular formula is C29H25ClN4O5S. The number of fused-ring (bicyclic) bond motifs is 1. The van der Waals surface area contributed by atoms with Gasteiger partial charge in [0.05, 0.1) is 33.4 Å². The number of nitro benzene ring substituents is 1. The second-order valence-electron chi connectivity index (χ2n) is 9.29. The average Bonchev–Trinajstić information content (AvgIpc) is 3.37. The number of hydrogen-bond donors (Lipinski definition) is 0. The lowest BCUT2D eigenvalue weighted by molar-refractivity contribution is -0.384. The molecule has 0 spiro atoms. The predicted molar refractivity (Wildman–Crippen MR) is 154 cm³/mol. The van der Waals surface area contributed by atoms with Gasteiger partial charge in [-0.05, 0) is 75.2 Å². The molecule has 1 aliphatic rings. The molecule has 0 fully saturated rings. The van der Waals surface area contributed by atoms with Gasteiger partial charge in [-0.15, -0.1) is 0 Å². The predicted octanol–water partition coefficient (Wildman–Crippen LogP) is 4.77. The van der Waals surface area contributed by atoms with E-state index in [1.54, 1.807) is 50.2 Å². The van der Waals surface area contributed by atoms with Gasteiger partial charge in [-0.25, -0.2) is 9.79 Å². The molecule has 204 valence electrons. The number of thiazole rings is 1. The number of nitro groups is 1. The van der Waals surface area contributed by atoms with Crippen molar-refractivity contribution < 1.29 is 14.5 Å². The number of esters is 1. The Balaban J connectivity index is 1.66. The second-order valence-corrected chi connectivity index (χ2v) is 10.7. The van der Waals surface area contributed by atoms with Crippen molar-refractivity contribution in [1.82, 2.24) is 9.13 Å². The molecule has 0 amide bonds. The van der Waals surface area contributed by atoms with Crippen molar-refractivity contribution in [2.24, 2.45) is 4.99 Å². The Bertz CT molecular complexity index is 1870. The number of non-ortho nitro benzene ring substituents is 1. The monoisotopic (exact) mass is 576 g/mol. The molecule has 0 saturated heterocycles. The minimum atomic E-state index is -0.720. The van der Waals surface area contributed by atoms with Gasteiger partial charge in [0.2, 0.25) is 0 Å². The SMILES string of the molecule is CCOC(=O)C1=C(C)N=c2s/c(=C/c3cc(C)n(-c4ccc([N+](=O)[O-])cc4)c3C)c(=O)n2[C@H]1c1ccc(Cl)cc1. The number of benzene rings is 2. The van der Waals surface area contributed by atoms with Crippen LogP contribution in [-0.2, 0) is 9.53 Å². The van der Waals surface area contributed by atoms with E-state index in [9.17, 15) is 19.7 Å². The van der Waals surface area contributed by atoms with E-state index in [1.807, 2.05) is 30.6 Å². The quantitative estimate of drug-likeness (QED) is 0.187. The highest BCUT2D eigenvalue weighted by Gasteiger charge is 2.33. The molecule has 0 saturated carbocycles. The molecule has 40 heavy (non-hydrogen) atoms. The largest absolute Gasteiger partial charge is 0.463 e. The number of halogens is 1. The molecule has 0 unspecified atom stereocenters. The fourth-order valence-corrected chi connectivity index (χ4v) is 6.11. The van der Waals surface area contributed by atoms with Gasteiger partial charge in [0.25, 0.3) is 11.2 Å². The molecule has 4 aromatic rings. The molecule has 2 aromatic heterocycles. The number of rotatable bonds is 6. The minimum absolute atomic E-state index is 0.0141. The van der Waals surface area contributed by atoms with Crippen LogP contribution in [0.15, 0.2) is 75.7 Å².